The number of aliphatic hydroxyl groups is 1. The summed E-state index contributed by atoms with van der Waals surface area (Å²) < 4.78 is 7.23. The van der Waals surface area contributed by atoms with Gasteiger partial charge in [0, 0.05) is 27.5 Å². The van der Waals surface area contributed by atoms with Gasteiger partial charge in [-0.1, -0.05) is 78.3 Å². The molecule has 37 heavy (non-hydrogen) atoms. The van der Waals surface area contributed by atoms with Crippen LogP contribution in [-0.4, -0.2) is 18.4 Å². The Morgan fingerprint density at radius 1 is 1.14 bits per heavy atom. The Kier molecular flexibility index (Phi) is 7.91. The van der Waals surface area contributed by atoms with Crippen LogP contribution >= 0.6 is 11.6 Å². The summed E-state index contributed by atoms with van der Waals surface area (Å²) in [5, 5.41) is 12.7. The zero-order valence-corrected chi connectivity index (χ0v) is 26.1. The highest BCUT2D eigenvalue weighted by molar-refractivity contribution is 6.74. The van der Waals surface area contributed by atoms with Crippen molar-refractivity contribution >= 4 is 25.5 Å². The van der Waals surface area contributed by atoms with E-state index in [1.165, 1.54) is 22.4 Å². The number of rotatable bonds is 6. The van der Waals surface area contributed by atoms with Crippen molar-refractivity contribution in [2.75, 3.05) is 0 Å². The second-order valence-corrected chi connectivity index (χ2v) is 19.0. The van der Waals surface area contributed by atoms with Crippen molar-refractivity contribution in [1.82, 2.24) is 4.98 Å². The van der Waals surface area contributed by atoms with E-state index >= 15 is 0 Å². The SMILES string of the molecule is CC(C)c1nc2c(c(C3=CCCC3)c1C(O)c1ccc(Cl)cc1)[C@H](O[Si](C)(C)C(C)(C)C)CC(C)(C)C2. The van der Waals surface area contributed by atoms with E-state index in [2.05, 4.69) is 67.6 Å². The number of aromatic nitrogens is 1. The lowest BCUT2D eigenvalue weighted by Gasteiger charge is -2.45. The summed E-state index contributed by atoms with van der Waals surface area (Å²) in [7, 11) is -2.06. The second-order valence-electron chi connectivity index (χ2n) is 13.8. The van der Waals surface area contributed by atoms with Crippen LogP contribution in [0.25, 0.3) is 5.57 Å². The van der Waals surface area contributed by atoms with E-state index in [0.717, 1.165) is 48.9 Å². The van der Waals surface area contributed by atoms with E-state index in [9.17, 15) is 5.11 Å². The van der Waals surface area contributed by atoms with E-state index < -0.39 is 14.4 Å². The van der Waals surface area contributed by atoms with Gasteiger partial charge in [0.15, 0.2) is 8.32 Å². The van der Waals surface area contributed by atoms with Crippen LogP contribution in [0.1, 0.15) is 126 Å². The summed E-state index contributed by atoms with van der Waals surface area (Å²) in [5.74, 6) is 0.188. The second kappa shape index (κ2) is 10.3. The predicted octanol–water partition coefficient (Wildman–Crippen LogP) is 9.54. The summed E-state index contributed by atoms with van der Waals surface area (Å²) in [6, 6.07) is 7.61. The third kappa shape index (κ3) is 5.78. The quantitative estimate of drug-likeness (QED) is 0.371. The minimum Gasteiger partial charge on any atom is -0.410 e. The summed E-state index contributed by atoms with van der Waals surface area (Å²) in [6.07, 6.45) is 6.75. The van der Waals surface area contributed by atoms with E-state index in [1.807, 2.05) is 24.3 Å². The van der Waals surface area contributed by atoms with E-state index in [0.29, 0.717) is 5.02 Å². The highest BCUT2D eigenvalue weighted by Gasteiger charge is 2.45. The van der Waals surface area contributed by atoms with Gasteiger partial charge in [0.2, 0.25) is 0 Å². The Bertz CT molecular complexity index is 1170. The molecule has 5 heteroatoms. The maximum Gasteiger partial charge on any atom is 0.192 e. The van der Waals surface area contributed by atoms with Crippen LogP contribution in [-0.2, 0) is 10.8 Å². The third-order valence-electron chi connectivity index (χ3n) is 8.70. The van der Waals surface area contributed by atoms with Gasteiger partial charge in [0.05, 0.1) is 6.10 Å². The molecule has 1 N–H and O–H groups in total. The molecule has 2 aromatic rings. The number of aliphatic hydroxyl groups excluding tert-OH is 1. The van der Waals surface area contributed by atoms with E-state index in [-0.39, 0.29) is 22.5 Å². The van der Waals surface area contributed by atoms with Gasteiger partial charge in [-0.15, -0.1) is 0 Å². The normalized spacial score (nSPS) is 20.6. The molecule has 0 fully saturated rings. The molecule has 2 atom stereocenters. The first kappa shape index (κ1) is 28.5. The van der Waals surface area contributed by atoms with Crippen molar-refractivity contribution < 1.29 is 9.53 Å². The minimum absolute atomic E-state index is 0.0268. The average molecular weight is 540 g/mol. The molecule has 1 aromatic heterocycles. The highest BCUT2D eigenvalue weighted by Crippen LogP contribution is 2.52. The van der Waals surface area contributed by atoms with Crippen LogP contribution in [0.15, 0.2) is 30.3 Å². The van der Waals surface area contributed by atoms with Crippen LogP contribution in [0.3, 0.4) is 0 Å². The maximum absolute atomic E-state index is 12.0. The number of pyridine rings is 1. The van der Waals surface area contributed by atoms with Crippen molar-refractivity contribution in [3.63, 3.8) is 0 Å². The first-order chi connectivity index (χ1) is 17.1. The molecule has 0 amide bonds. The maximum atomic E-state index is 12.0. The molecule has 3 nitrogen and oxygen atoms in total. The Morgan fingerprint density at radius 3 is 2.32 bits per heavy atom. The largest absolute Gasteiger partial charge is 0.410 e. The number of nitrogens with zero attached hydrogens (tertiary/aromatic N) is 1. The minimum atomic E-state index is -2.06. The number of hydrogen-bond donors (Lipinski definition) is 1. The lowest BCUT2D eigenvalue weighted by Crippen LogP contribution is -2.44. The van der Waals surface area contributed by atoms with Gasteiger partial charge in [0.25, 0.3) is 0 Å². The van der Waals surface area contributed by atoms with Gasteiger partial charge in [-0.3, -0.25) is 4.98 Å². The number of benzene rings is 1. The molecular formula is C32H46ClNO2Si. The first-order valence-corrected chi connectivity index (χ1v) is 17.3. The molecular weight excluding hydrogens is 494 g/mol. The molecule has 202 valence electrons. The van der Waals surface area contributed by atoms with Crippen LogP contribution in [0, 0.1) is 5.41 Å². The molecule has 0 aliphatic heterocycles. The number of hydrogen-bond acceptors (Lipinski definition) is 3. The highest BCUT2D eigenvalue weighted by atomic mass is 35.5. The van der Waals surface area contributed by atoms with Gasteiger partial charge in [-0.05, 0) is 90.4 Å². The predicted molar refractivity (Wildman–Crippen MR) is 159 cm³/mol. The molecule has 2 aliphatic rings. The van der Waals surface area contributed by atoms with Crippen molar-refractivity contribution in [3.05, 3.63) is 69.0 Å². The molecule has 4 rings (SSSR count). The van der Waals surface area contributed by atoms with Gasteiger partial charge in [-0.25, -0.2) is 0 Å². The number of allylic oxidation sites excluding steroid dienone is 2. The smallest absolute Gasteiger partial charge is 0.192 e. The fraction of sp³-hybridized carbons (Fsp3) is 0.594. The van der Waals surface area contributed by atoms with Gasteiger partial charge >= 0.3 is 0 Å². The van der Waals surface area contributed by atoms with E-state index in [1.54, 1.807) is 0 Å². The third-order valence-corrected chi connectivity index (χ3v) is 13.4. The lowest BCUT2D eigenvalue weighted by molar-refractivity contribution is 0.105. The molecule has 1 heterocycles. The summed E-state index contributed by atoms with van der Waals surface area (Å²) in [6.45, 7) is 20.7. The summed E-state index contributed by atoms with van der Waals surface area (Å²) in [5.41, 5.74) is 7.90. The van der Waals surface area contributed by atoms with Gasteiger partial charge < -0.3 is 9.53 Å². The summed E-state index contributed by atoms with van der Waals surface area (Å²) >= 11 is 6.20. The fourth-order valence-electron chi connectivity index (χ4n) is 5.70. The standard InChI is InChI=1S/C32H46ClNO2Si/c1-20(2)29-28(30(35)22-14-16-23(33)17-15-22)26(21-12-10-11-13-21)27-24(34-29)18-32(6,7)19-25(27)36-37(8,9)31(3,4)5/h12,14-17,20,25,30,35H,10-11,13,18-19H2,1-9H3/t25-,30?/m1/s1. The van der Waals surface area contributed by atoms with Crippen molar-refractivity contribution in [3.8, 4) is 0 Å². The average Bonchev–Trinajstić information content (AvgIpc) is 3.30. The summed E-state index contributed by atoms with van der Waals surface area (Å²) in [4.78, 5) is 5.37. The first-order valence-electron chi connectivity index (χ1n) is 14.0. The molecule has 1 aromatic carbocycles. The van der Waals surface area contributed by atoms with Crippen molar-refractivity contribution in [2.24, 2.45) is 5.41 Å². The van der Waals surface area contributed by atoms with Crippen LogP contribution in [0.4, 0.5) is 0 Å². The van der Waals surface area contributed by atoms with E-state index in [4.69, 9.17) is 21.0 Å². The number of fused-ring (bicyclic) bond motifs is 1. The molecule has 0 bridgehead atoms. The van der Waals surface area contributed by atoms with Gasteiger partial charge in [0.1, 0.15) is 6.10 Å². The molecule has 0 saturated carbocycles. The zero-order chi connectivity index (χ0) is 27.3. The van der Waals surface area contributed by atoms with Crippen molar-refractivity contribution in [1.29, 1.82) is 0 Å². The number of halogens is 1. The zero-order valence-electron chi connectivity index (χ0n) is 24.3. The monoisotopic (exact) mass is 539 g/mol. The van der Waals surface area contributed by atoms with Crippen LogP contribution < -0.4 is 0 Å². The Labute approximate surface area is 230 Å². The molecule has 2 aliphatic carbocycles. The molecule has 0 spiro atoms. The molecule has 0 radical (unpaired) electrons. The van der Waals surface area contributed by atoms with Crippen LogP contribution in [0.2, 0.25) is 23.2 Å². The Hall–Kier alpha value is -1.46. The molecule has 0 saturated heterocycles. The van der Waals surface area contributed by atoms with Crippen LogP contribution in [0.5, 0.6) is 0 Å². The fourth-order valence-corrected chi connectivity index (χ4v) is 7.09. The van der Waals surface area contributed by atoms with Gasteiger partial charge in [-0.2, -0.15) is 0 Å². The topological polar surface area (TPSA) is 42.4 Å². The Balaban J connectivity index is 2.02. The molecule has 1 unspecified atom stereocenters. The lowest BCUT2D eigenvalue weighted by atomic mass is 9.71. The van der Waals surface area contributed by atoms with Crippen molar-refractivity contribution in [2.45, 2.75) is 117 Å². The Morgan fingerprint density at radius 2 is 1.78 bits per heavy atom.